The van der Waals surface area contributed by atoms with Crippen LogP contribution in [-0.2, 0) is 16.6 Å². The third kappa shape index (κ3) is 4.09. The number of nitrogens with zero attached hydrogens (tertiary/aromatic N) is 1. The van der Waals surface area contributed by atoms with E-state index in [1.54, 1.807) is 41.1 Å². The zero-order chi connectivity index (χ0) is 19.8. The number of hydrogen-bond donors (Lipinski definition) is 3. The van der Waals surface area contributed by atoms with Crippen LogP contribution in [0.2, 0.25) is 0 Å². The lowest BCUT2D eigenvalue weighted by Crippen LogP contribution is -2.10. The molecule has 3 rings (SSSR count). The molecule has 140 valence electrons. The molecule has 0 spiro atoms. The maximum Gasteiger partial charge on any atom is 0.335 e. The van der Waals surface area contributed by atoms with E-state index in [9.17, 15) is 23.1 Å². The van der Waals surface area contributed by atoms with Gasteiger partial charge in [0.05, 0.1) is 17.4 Å². The fraction of sp³-hybridized carbons (Fsp3) is 0.111. The number of rotatable bonds is 6. The van der Waals surface area contributed by atoms with Crippen LogP contribution in [0.1, 0.15) is 26.3 Å². The van der Waals surface area contributed by atoms with Crippen LogP contribution in [0.15, 0.2) is 48.7 Å². The van der Waals surface area contributed by atoms with Crippen LogP contribution >= 0.6 is 0 Å². The third-order valence-electron chi connectivity index (χ3n) is 3.98. The molecular weight excluding hydrogens is 370 g/mol. The molecule has 4 N–H and O–H groups in total. The minimum atomic E-state index is -3.41. The van der Waals surface area contributed by atoms with Crippen molar-refractivity contribution in [3.63, 3.8) is 0 Å². The predicted molar refractivity (Wildman–Crippen MR) is 101 cm³/mol. The molecule has 0 saturated carbocycles. The molecule has 9 heteroatoms. The van der Waals surface area contributed by atoms with Gasteiger partial charge in [0.25, 0.3) is 5.91 Å². The highest BCUT2D eigenvalue weighted by Crippen LogP contribution is 2.24. The molecule has 0 aliphatic rings. The molecule has 3 aromatic rings. The van der Waals surface area contributed by atoms with E-state index < -0.39 is 21.9 Å². The van der Waals surface area contributed by atoms with Crippen molar-refractivity contribution in [2.75, 3.05) is 11.0 Å². The Balaban J connectivity index is 2.06. The molecule has 0 atom stereocenters. The Morgan fingerprint density at radius 3 is 2.56 bits per heavy atom. The Hall–Kier alpha value is -3.33. The number of carboxylic acid groups (broad SMARTS) is 1. The summed E-state index contributed by atoms with van der Waals surface area (Å²) < 4.78 is 26.9. The first-order valence-electron chi connectivity index (χ1n) is 7.87. The van der Waals surface area contributed by atoms with Gasteiger partial charge in [0.2, 0.25) is 10.0 Å². The number of sulfonamides is 1. The average Bonchev–Trinajstić information content (AvgIpc) is 2.92. The summed E-state index contributed by atoms with van der Waals surface area (Å²) in [5.74, 6) is -1.70. The Kier molecular flexibility index (Phi) is 4.63. The first kappa shape index (κ1) is 18.5. The number of anilines is 1. The Bertz CT molecular complexity index is 1160. The van der Waals surface area contributed by atoms with Gasteiger partial charge in [-0.05, 0) is 29.8 Å². The molecule has 0 aliphatic heterocycles. The molecular formula is C18H17N3O5S. The van der Waals surface area contributed by atoms with Crippen LogP contribution in [0.3, 0.4) is 0 Å². The first-order chi connectivity index (χ1) is 12.6. The molecule has 0 bridgehead atoms. The van der Waals surface area contributed by atoms with E-state index in [2.05, 4.69) is 4.72 Å². The number of aromatic carboxylic acids is 1. The number of nitrogens with one attached hydrogen (secondary N) is 1. The van der Waals surface area contributed by atoms with E-state index in [4.69, 9.17) is 5.73 Å². The minimum absolute atomic E-state index is 0.0883. The van der Waals surface area contributed by atoms with Crippen molar-refractivity contribution in [1.82, 2.24) is 4.57 Å². The van der Waals surface area contributed by atoms with Crippen LogP contribution in [0.4, 0.5) is 5.69 Å². The van der Waals surface area contributed by atoms with Crippen molar-refractivity contribution in [3.8, 4) is 0 Å². The second-order valence-electron chi connectivity index (χ2n) is 6.15. The van der Waals surface area contributed by atoms with E-state index in [1.807, 2.05) is 0 Å². The van der Waals surface area contributed by atoms with Gasteiger partial charge in [-0.2, -0.15) is 0 Å². The Morgan fingerprint density at radius 2 is 1.93 bits per heavy atom. The van der Waals surface area contributed by atoms with E-state index >= 15 is 0 Å². The number of primary amides is 1. The predicted octanol–water partition coefficient (Wildman–Crippen LogP) is 1.86. The number of amides is 1. The number of hydrogen-bond acceptors (Lipinski definition) is 4. The highest BCUT2D eigenvalue weighted by molar-refractivity contribution is 7.92. The molecule has 8 nitrogen and oxygen atoms in total. The second kappa shape index (κ2) is 6.76. The third-order valence-corrected chi connectivity index (χ3v) is 4.58. The van der Waals surface area contributed by atoms with Crippen LogP contribution in [0, 0.1) is 0 Å². The number of nitrogens with two attached hydrogens (primary N) is 1. The van der Waals surface area contributed by atoms with E-state index in [-0.39, 0.29) is 11.1 Å². The van der Waals surface area contributed by atoms with Crippen molar-refractivity contribution in [3.05, 3.63) is 65.4 Å². The zero-order valence-corrected chi connectivity index (χ0v) is 15.2. The fourth-order valence-corrected chi connectivity index (χ4v) is 3.45. The topological polar surface area (TPSA) is 131 Å². The molecule has 0 saturated heterocycles. The molecule has 1 amide bonds. The van der Waals surface area contributed by atoms with Crippen LogP contribution in [0.5, 0.6) is 0 Å². The summed E-state index contributed by atoms with van der Waals surface area (Å²) >= 11 is 0. The summed E-state index contributed by atoms with van der Waals surface area (Å²) in [5, 5.41) is 9.77. The molecule has 1 heterocycles. The number of fused-ring (bicyclic) bond motifs is 1. The van der Waals surface area contributed by atoms with Gasteiger partial charge >= 0.3 is 5.97 Å². The molecule has 0 radical (unpaired) electrons. The maximum atomic E-state index is 11.7. The lowest BCUT2D eigenvalue weighted by molar-refractivity contribution is 0.0696. The van der Waals surface area contributed by atoms with Gasteiger partial charge in [0, 0.05) is 29.3 Å². The number of benzene rings is 2. The largest absolute Gasteiger partial charge is 0.478 e. The molecule has 0 fully saturated rings. The van der Waals surface area contributed by atoms with E-state index in [0.717, 1.165) is 11.8 Å². The fourth-order valence-electron chi connectivity index (χ4n) is 2.90. The smallest absolute Gasteiger partial charge is 0.335 e. The number of carbonyl (C=O) groups is 2. The summed E-state index contributed by atoms with van der Waals surface area (Å²) in [6.07, 6.45) is 2.63. The first-order valence-corrected chi connectivity index (χ1v) is 9.76. The summed E-state index contributed by atoms with van der Waals surface area (Å²) in [6.45, 7) is 0.298. The van der Waals surface area contributed by atoms with Gasteiger partial charge in [-0.3, -0.25) is 9.52 Å². The molecule has 27 heavy (non-hydrogen) atoms. The molecule has 0 aliphatic carbocycles. The SMILES string of the molecule is CS(=O)(=O)Nc1cccc(Cn2cc(C(N)=O)c3ccc(C(=O)O)cc32)c1. The zero-order valence-electron chi connectivity index (χ0n) is 14.3. The van der Waals surface area contributed by atoms with Gasteiger partial charge in [-0.15, -0.1) is 0 Å². The quantitative estimate of drug-likeness (QED) is 0.594. The van der Waals surface area contributed by atoms with Gasteiger partial charge in [-0.25, -0.2) is 13.2 Å². The second-order valence-corrected chi connectivity index (χ2v) is 7.90. The Morgan fingerprint density at radius 1 is 1.19 bits per heavy atom. The van der Waals surface area contributed by atoms with Crippen LogP contribution < -0.4 is 10.5 Å². The van der Waals surface area contributed by atoms with E-state index in [1.165, 1.54) is 12.1 Å². The van der Waals surface area contributed by atoms with Crippen molar-refractivity contribution in [2.45, 2.75) is 6.54 Å². The highest BCUT2D eigenvalue weighted by atomic mass is 32.2. The maximum absolute atomic E-state index is 11.7. The number of carbonyl (C=O) groups excluding carboxylic acids is 1. The van der Waals surface area contributed by atoms with Crippen LogP contribution in [-0.4, -0.2) is 36.2 Å². The highest BCUT2D eigenvalue weighted by Gasteiger charge is 2.15. The van der Waals surface area contributed by atoms with Crippen molar-refractivity contribution in [2.24, 2.45) is 5.73 Å². The number of carboxylic acids is 1. The molecule has 0 unspecified atom stereocenters. The van der Waals surface area contributed by atoms with Crippen molar-refractivity contribution in [1.29, 1.82) is 0 Å². The summed E-state index contributed by atoms with van der Waals surface area (Å²) in [5.41, 5.74) is 7.52. The van der Waals surface area contributed by atoms with Gasteiger partial charge in [-0.1, -0.05) is 18.2 Å². The molecule has 2 aromatic carbocycles. The van der Waals surface area contributed by atoms with Crippen molar-refractivity contribution < 1.29 is 23.1 Å². The summed E-state index contributed by atoms with van der Waals surface area (Å²) in [6, 6.07) is 11.2. The summed E-state index contributed by atoms with van der Waals surface area (Å²) in [7, 11) is -3.41. The average molecular weight is 387 g/mol. The van der Waals surface area contributed by atoms with Crippen molar-refractivity contribution >= 4 is 38.5 Å². The lowest BCUT2D eigenvalue weighted by Gasteiger charge is -2.09. The monoisotopic (exact) mass is 387 g/mol. The van der Waals surface area contributed by atoms with Gasteiger partial charge in [0.15, 0.2) is 0 Å². The van der Waals surface area contributed by atoms with Gasteiger partial charge < -0.3 is 15.4 Å². The van der Waals surface area contributed by atoms with Gasteiger partial charge in [0.1, 0.15) is 0 Å². The Labute approximate surface area is 155 Å². The minimum Gasteiger partial charge on any atom is -0.478 e. The molecule has 1 aromatic heterocycles. The normalized spacial score (nSPS) is 11.4. The van der Waals surface area contributed by atoms with E-state index in [0.29, 0.717) is 23.1 Å². The van der Waals surface area contributed by atoms with Crippen LogP contribution in [0.25, 0.3) is 10.9 Å². The number of aromatic nitrogens is 1. The summed E-state index contributed by atoms with van der Waals surface area (Å²) in [4.78, 5) is 23.0. The lowest BCUT2D eigenvalue weighted by atomic mass is 10.1. The standard InChI is InChI=1S/C18H17N3O5S/c1-27(25,26)20-13-4-2-3-11(7-13)9-21-10-15(17(19)22)14-6-5-12(18(23)24)8-16(14)21/h2-8,10,20H,9H2,1H3,(H2,19,22)(H,23,24).